The van der Waals surface area contributed by atoms with Gasteiger partial charge in [0.1, 0.15) is 0 Å². The molecule has 1 amide bonds. The van der Waals surface area contributed by atoms with Gasteiger partial charge in [-0.15, -0.1) is 0 Å². The smallest absolute Gasteiger partial charge is 0.238 e. The summed E-state index contributed by atoms with van der Waals surface area (Å²) in [5.74, 6) is 0.516. The molecule has 0 saturated carbocycles. The van der Waals surface area contributed by atoms with Crippen molar-refractivity contribution in [2.75, 3.05) is 31.6 Å². The molecule has 2 N–H and O–H groups in total. The number of benzene rings is 1. The summed E-state index contributed by atoms with van der Waals surface area (Å²) in [6, 6.07) is 7.74. The van der Waals surface area contributed by atoms with Crippen molar-refractivity contribution < 1.29 is 9.53 Å². The van der Waals surface area contributed by atoms with E-state index in [-0.39, 0.29) is 5.91 Å². The fourth-order valence-corrected chi connectivity index (χ4v) is 1.57. The van der Waals surface area contributed by atoms with E-state index in [2.05, 4.69) is 24.5 Å². The van der Waals surface area contributed by atoms with Gasteiger partial charge >= 0.3 is 0 Å². The van der Waals surface area contributed by atoms with Crippen LogP contribution in [0.2, 0.25) is 0 Å². The predicted octanol–water partition coefficient (Wildman–Crippen LogP) is 2.20. The fourth-order valence-electron chi connectivity index (χ4n) is 1.57. The van der Waals surface area contributed by atoms with E-state index < -0.39 is 0 Å². The summed E-state index contributed by atoms with van der Waals surface area (Å²) < 4.78 is 5.42. The minimum Gasteiger partial charge on any atom is -0.380 e. The van der Waals surface area contributed by atoms with Crippen molar-refractivity contribution in [3.63, 3.8) is 0 Å². The van der Waals surface area contributed by atoms with Gasteiger partial charge < -0.3 is 15.4 Å². The lowest BCUT2D eigenvalue weighted by atomic mass is 10.2. The molecule has 0 unspecified atom stereocenters. The van der Waals surface area contributed by atoms with Crippen molar-refractivity contribution in [1.82, 2.24) is 5.32 Å². The van der Waals surface area contributed by atoms with Gasteiger partial charge in [0.2, 0.25) is 5.91 Å². The number of nitrogens with one attached hydrogen (secondary N) is 2. The van der Waals surface area contributed by atoms with Crippen LogP contribution in [0.25, 0.3) is 0 Å². The molecular weight excluding hydrogens is 240 g/mol. The molecule has 0 spiro atoms. The van der Waals surface area contributed by atoms with Crippen molar-refractivity contribution in [1.29, 1.82) is 0 Å². The third-order valence-electron chi connectivity index (χ3n) is 2.58. The Bertz CT molecular complexity index is 391. The SMILES string of the molecule is Cc1ccccc1NC(=O)CNCCOCC(C)C. The Morgan fingerprint density at radius 2 is 2.05 bits per heavy atom. The predicted molar refractivity (Wildman–Crippen MR) is 78.3 cm³/mol. The van der Waals surface area contributed by atoms with Crippen LogP contribution in [0.3, 0.4) is 0 Å². The van der Waals surface area contributed by atoms with Crippen LogP contribution < -0.4 is 10.6 Å². The summed E-state index contributed by atoms with van der Waals surface area (Å²) in [5, 5.41) is 5.94. The second-order valence-electron chi connectivity index (χ2n) is 5.01. The Hall–Kier alpha value is -1.39. The van der Waals surface area contributed by atoms with Crippen LogP contribution >= 0.6 is 0 Å². The molecule has 4 heteroatoms. The molecule has 4 nitrogen and oxygen atoms in total. The van der Waals surface area contributed by atoms with Gasteiger partial charge in [-0.2, -0.15) is 0 Å². The topological polar surface area (TPSA) is 50.4 Å². The zero-order valence-corrected chi connectivity index (χ0v) is 12.0. The Morgan fingerprint density at radius 3 is 2.74 bits per heavy atom. The molecule has 19 heavy (non-hydrogen) atoms. The molecule has 0 atom stereocenters. The largest absolute Gasteiger partial charge is 0.380 e. The highest BCUT2D eigenvalue weighted by molar-refractivity contribution is 5.92. The van der Waals surface area contributed by atoms with E-state index in [9.17, 15) is 4.79 Å². The summed E-state index contributed by atoms with van der Waals surface area (Å²) in [6.45, 7) is 8.59. The molecule has 1 aromatic carbocycles. The van der Waals surface area contributed by atoms with Gasteiger partial charge in [0.15, 0.2) is 0 Å². The van der Waals surface area contributed by atoms with E-state index >= 15 is 0 Å². The summed E-state index contributed by atoms with van der Waals surface area (Å²) in [7, 11) is 0. The van der Waals surface area contributed by atoms with Crippen LogP contribution in [0.4, 0.5) is 5.69 Å². The summed E-state index contributed by atoms with van der Waals surface area (Å²) in [6.07, 6.45) is 0. The molecule has 0 aliphatic heterocycles. The van der Waals surface area contributed by atoms with Crippen molar-refractivity contribution >= 4 is 11.6 Å². The molecule has 106 valence electrons. The number of carbonyl (C=O) groups is 1. The molecule has 0 aliphatic rings. The van der Waals surface area contributed by atoms with Crippen LogP contribution in [0.5, 0.6) is 0 Å². The second kappa shape index (κ2) is 8.67. The lowest BCUT2D eigenvalue weighted by Crippen LogP contribution is -2.30. The summed E-state index contributed by atoms with van der Waals surface area (Å²) >= 11 is 0. The molecular formula is C15H24N2O2. The van der Waals surface area contributed by atoms with E-state index in [0.717, 1.165) is 17.9 Å². The van der Waals surface area contributed by atoms with Gasteiger partial charge in [-0.1, -0.05) is 32.0 Å². The molecule has 0 aliphatic carbocycles. The molecule has 0 fully saturated rings. The molecule has 0 bridgehead atoms. The Labute approximate surface area is 115 Å². The summed E-state index contributed by atoms with van der Waals surface area (Å²) in [4.78, 5) is 11.7. The van der Waals surface area contributed by atoms with Crippen LogP contribution in [0, 0.1) is 12.8 Å². The van der Waals surface area contributed by atoms with Gasteiger partial charge in [-0.3, -0.25) is 4.79 Å². The fraction of sp³-hybridized carbons (Fsp3) is 0.533. The van der Waals surface area contributed by atoms with Gasteiger partial charge in [-0.25, -0.2) is 0 Å². The van der Waals surface area contributed by atoms with Crippen LogP contribution in [0.15, 0.2) is 24.3 Å². The highest BCUT2D eigenvalue weighted by atomic mass is 16.5. The van der Waals surface area contributed by atoms with Crippen molar-refractivity contribution in [2.45, 2.75) is 20.8 Å². The first-order valence-electron chi connectivity index (χ1n) is 6.73. The highest BCUT2D eigenvalue weighted by Crippen LogP contribution is 2.12. The molecule has 1 rings (SSSR count). The van der Waals surface area contributed by atoms with E-state index in [1.165, 1.54) is 0 Å². The third-order valence-corrected chi connectivity index (χ3v) is 2.58. The summed E-state index contributed by atoms with van der Waals surface area (Å²) in [5.41, 5.74) is 1.93. The lowest BCUT2D eigenvalue weighted by Gasteiger charge is -2.09. The second-order valence-corrected chi connectivity index (χ2v) is 5.01. The van der Waals surface area contributed by atoms with E-state index in [1.54, 1.807) is 0 Å². The lowest BCUT2D eigenvalue weighted by molar-refractivity contribution is -0.115. The maximum absolute atomic E-state index is 11.7. The standard InChI is InChI=1S/C15H24N2O2/c1-12(2)11-19-9-8-16-10-15(18)17-14-7-5-4-6-13(14)3/h4-7,12,16H,8-11H2,1-3H3,(H,17,18). The quantitative estimate of drug-likeness (QED) is 0.708. The van der Waals surface area contributed by atoms with Crippen LogP contribution in [-0.2, 0) is 9.53 Å². The van der Waals surface area contributed by atoms with Gasteiger partial charge in [0.05, 0.1) is 13.2 Å². The Kier molecular flexibility index (Phi) is 7.15. The number of hydrogen-bond donors (Lipinski definition) is 2. The van der Waals surface area contributed by atoms with E-state index in [1.807, 2.05) is 31.2 Å². The minimum atomic E-state index is -0.0295. The monoisotopic (exact) mass is 264 g/mol. The van der Waals surface area contributed by atoms with Gasteiger partial charge in [-0.05, 0) is 24.5 Å². The number of hydrogen-bond acceptors (Lipinski definition) is 3. The maximum Gasteiger partial charge on any atom is 0.238 e. The van der Waals surface area contributed by atoms with Crippen molar-refractivity contribution in [3.8, 4) is 0 Å². The molecule has 0 radical (unpaired) electrons. The zero-order chi connectivity index (χ0) is 14.1. The highest BCUT2D eigenvalue weighted by Gasteiger charge is 2.03. The number of carbonyl (C=O) groups excluding carboxylic acids is 1. The minimum absolute atomic E-state index is 0.0295. The van der Waals surface area contributed by atoms with Crippen LogP contribution in [-0.4, -0.2) is 32.2 Å². The van der Waals surface area contributed by atoms with Crippen molar-refractivity contribution in [2.24, 2.45) is 5.92 Å². The number of para-hydroxylation sites is 1. The number of amides is 1. The maximum atomic E-state index is 11.7. The number of ether oxygens (including phenoxy) is 1. The average Bonchev–Trinajstić information content (AvgIpc) is 2.36. The van der Waals surface area contributed by atoms with Crippen LogP contribution in [0.1, 0.15) is 19.4 Å². The van der Waals surface area contributed by atoms with E-state index in [0.29, 0.717) is 25.6 Å². The average molecular weight is 264 g/mol. The first kappa shape index (κ1) is 15.7. The first-order chi connectivity index (χ1) is 9.09. The van der Waals surface area contributed by atoms with Gasteiger partial charge in [0.25, 0.3) is 0 Å². The Balaban J connectivity index is 2.13. The van der Waals surface area contributed by atoms with Gasteiger partial charge in [0, 0.05) is 18.8 Å². The number of aryl methyl sites for hydroxylation is 1. The molecule has 0 heterocycles. The van der Waals surface area contributed by atoms with E-state index in [4.69, 9.17) is 4.74 Å². The third kappa shape index (κ3) is 6.94. The normalized spacial score (nSPS) is 10.7. The van der Waals surface area contributed by atoms with Crippen molar-refractivity contribution in [3.05, 3.63) is 29.8 Å². The Morgan fingerprint density at radius 1 is 1.32 bits per heavy atom. The molecule has 0 saturated heterocycles. The molecule has 0 aromatic heterocycles. The number of anilines is 1. The molecule has 1 aromatic rings. The zero-order valence-electron chi connectivity index (χ0n) is 12.0. The first-order valence-corrected chi connectivity index (χ1v) is 6.73. The number of rotatable bonds is 8.